The van der Waals surface area contributed by atoms with Crippen molar-refractivity contribution in [3.8, 4) is 6.07 Å². The van der Waals surface area contributed by atoms with E-state index in [0.29, 0.717) is 18.4 Å². The highest BCUT2D eigenvalue weighted by atomic mass is 16.3. The number of rotatable bonds is 6. The maximum atomic E-state index is 12.3. The molecule has 0 spiro atoms. The van der Waals surface area contributed by atoms with Crippen LogP contribution in [0.15, 0.2) is 24.3 Å². The standard InChI is InChI=1S/C20H27N3O2/c21-13-16-5-1-2-6-17(16)14-22-11-9-19-18(15-22)7-8-20(25)23(19)10-3-4-12-24/h1-2,5-6,18-19,24H,3-4,7-12,14-15H2. The van der Waals surface area contributed by atoms with E-state index in [9.17, 15) is 10.1 Å². The minimum atomic E-state index is 0.197. The molecule has 2 aliphatic rings. The molecular weight excluding hydrogens is 314 g/mol. The Balaban J connectivity index is 1.62. The molecule has 0 aliphatic carbocycles. The molecule has 25 heavy (non-hydrogen) atoms. The first-order chi connectivity index (χ1) is 12.2. The number of amides is 1. The second-order valence-electron chi connectivity index (χ2n) is 7.18. The van der Waals surface area contributed by atoms with Gasteiger partial charge in [0.2, 0.25) is 5.91 Å². The average molecular weight is 341 g/mol. The summed E-state index contributed by atoms with van der Waals surface area (Å²) in [4.78, 5) is 16.8. The van der Waals surface area contributed by atoms with Gasteiger partial charge in [0.25, 0.3) is 0 Å². The minimum absolute atomic E-state index is 0.197. The number of unbranched alkanes of at least 4 members (excludes halogenated alkanes) is 1. The van der Waals surface area contributed by atoms with Gasteiger partial charge in [-0.05, 0) is 43.2 Å². The van der Waals surface area contributed by atoms with Crippen LogP contribution in [-0.4, -0.2) is 53.1 Å². The zero-order valence-corrected chi connectivity index (χ0v) is 14.7. The number of piperidine rings is 2. The van der Waals surface area contributed by atoms with Crippen LogP contribution >= 0.6 is 0 Å². The van der Waals surface area contributed by atoms with Crippen LogP contribution in [-0.2, 0) is 11.3 Å². The smallest absolute Gasteiger partial charge is 0.222 e. The molecule has 0 aromatic heterocycles. The van der Waals surface area contributed by atoms with Crippen molar-refractivity contribution in [1.82, 2.24) is 9.80 Å². The number of fused-ring (bicyclic) bond motifs is 1. The summed E-state index contributed by atoms with van der Waals surface area (Å²) in [7, 11) is 0. The zero-order valence-electron chi connectivity index (χ0n) is 14.7. The second-order valence-corrected chi connectivity index (χ2v) is 7.18. The zero-order chi connectivity index (χ0) is 17.6. The van der Waals surface area contributed by atoms with Gasteiger partial charge in [-0.25, -0.2) is 0 Å². The molecule has 2 fully saturated rings. The summed E-state index contributed by atoms with van der Waals surface area (Å²) in [5, 5.41) is 18.3. The van der Waals surface area contributed by atoms with Crippen LogP contribution in [0.25, 0.3) is 0 Å². The monoisotopic (exact) mass is 341 g/mol. The van der Waals surface area contributed by atoms with Crippen molar-refractivity contribution in [2.24, 2.45) is 5.92 Å². The summed E-state index contributed by atoms with van der Waals surface area (Å²) in [6.07, 6.45) is 4.26. The quantitative estimate of drug-likeness (QED) is 0.805. The molecular formula is C20H27N3O2. The molecule has 1 aromatic rings. The molecule has 2 heterocycles. The number of aliphatic hydroxyl groups excluding tert-OH is 1. The molecule has 0 radical (unpaired) electrons. The Morgan fingerprint density at radius 1 is 1.24 bits per heavy atom. The Hall–Kier alpha value is -1.90. The lowest BCUT2D eigenvalue weighted by atomic mass is 9.83. The van der Waals surface area contributed by atoms with Crippen LogP contribution in [0.4, 0.5) is 0 Å². The third-order valence-electron chi connectivity index (χ3n) is 5.57. The van der Waals surface area contributed by atoms with Gasteiger partial charge in [-0.15, -0.1) is 0 Å². The highest BCUT2D eigenvalue weighted by molar-refractivity contribution is 5.77. The van der Waals surface area contributed by atoms with Crippen LogP contribution < -0.4 is 0 Å². The molecule has 1 amide bonds. The number of aliphatic hydroxyl groups is 1. The van der Waals surface area contributed by atoms with Crippen molar-refractivity contribution < 1.29 is 9.90 Å². The fourth-order valence-corrected chi connectivity index (χ4v) is 4.26. The van der Waals surface area contributed by atoms with Crippen molar-refractivity contribution in [3.63, 3.8) is 0 Å². The molecule has 1 aromatic carbocycles. The van der Waals surface area contributed by atoms with Gasteiger partial charge in [0, 0.05) is 45.2 Å². The van der Waals surface area contributed by atoms with E-state index in [-0.39, 0.29) is 12.5 Å². The van der Waals surface area contributed by atoms with Gasteiger partial charge < -0.3 is 10.0 Å². The van der Waals surface area contributed by atoms with Gasteiger partial charge in [0.1, 0.15) is 0 Å². The molecule has 5 nitrogen and oxygen atoms in total. The fourth-order valence-electron chi connectivity index (χ4n) is 4.26. The molecule has 0 saturated carbocycles. The van der Waals surface area contributed by atoms with Crippen molar-refractivity contribution in [1.29, 1.82) is 5.26 Å². The fraction of sp³-hybridized carbons (Fsp3) is 0.600. The first-order valence-corrected chi connectivity index (χ1v) is 9.33. The van der Waals surface area contributed by atoms with E-state index in [2.05, 4.69) is 15.9 Å². The minimum Gasteiger partial charge on any atom is -0.396 e. The van der Waals surface area contributed by atoms with E-state index in [1.165, 1.54) is 0 Å². The summed E-state index contributed by atoms with van der Waals surface area (Å²) in [5.41, 5.74) is 1.85. The van der Waals surface area contributed by atoms with E-state index < -0.39 is 0 Å². The van der Waals surface area contributed by atoms with E-state index >= 15 is 0 Å². The molecule has 2 atom stereocenters. The van der Waals surface area contributed by atoms with Crippen molar-refractivity contribution in [3.05, 3.63) is 35.4 Å². The number of nitrogens with zero attached hydrogens (tertiary/aromatic N) is 3. The Kier molecular flexibility index (Phi) is 6.06. The average Bonchev–Trinajstić information content (AvgIpc) is 2.64. The number of hydrogen-bond acceptors (Lipinski definition) is 4. The lowest BCUT2D eigenvalue weighted by Gasteiger charge is -2.47. The van der Waals surface area contributed by atoms with Gasteiger partial charge in [-0.2, -0.15) is 5.26 Å². The van der Waals surface area contributed by atoms with E-state index in [1.54, 1.807) is 0 Å². The molecule has 0 bridgehead atoms. The van der Waals surface area contributed by atoms with Gasteiger partial charge in [-0.1, -0.05) is 18.2 Å². The van der Waals surface area contributed by atoms with Crippen molar-refractivity contribution in [2.75, 3.05) is 26.2 Å². The maximum Gasteiger partial charge on any atom is 0.222 e. The summed E-state index contributed by atoms with van der Waals surface area (Å²) >= 11 is 0. The molecule has 3 rings (SSSR count). The highest BCUT2D eigenvalue weighted by Gasteiger charge is 2.38. The van der Waals surface area contributed by atoms with Gasteiger partial charge >= 0.3 is 0 Å². The highest BCUT2D eigenvalue weighted by Crippen LogP contribution is 2.32. The molecule has 1 N–H and O–H groups in total. The van der Waals surface area contributed by atoms with Crippen LogP contribution in [0, 0.1) is 17.2 Å². The lowest BCUT2D eigenvalue weighted by Crippen LogP contribution is -2.56. The predicted octanol–water partition coefficient (Wildman–Crippen LogP) is 2.14. The van der Waals surface area contributed by atoms with Crippen molar-refractivity contribution >= 4 is 5.91 Å². The van der Waals surface area contributed by atoms with Gasteiger partial charge in [-0.3, -0.25) is 9.69 Å². The number of hydrogen-bond donors (Lipinski definition) is 1. The Bertz CT molecular complexity index is 640. The summed E-state index contributed by atoms with van der Waals surface area (Å²) in [6, 6.07) is 10.4. The first-order valence-electron chi connectivity index (χ1n) is 9.33. The Labute approximate surface area is 149 Å². The summed E-state index contributed by atoms with van der Waals surface area (Å²) < 4.78 is 0. The van der Waals surface area contributed by atoms with Gasteiger partial charge in [0.15, 0.2) is 0 Å². The third kappa shape index (κ3) is 4.20. The van der Waals surface area contributed by atoms with Gasteiger partial charge in [0.05, 0.1) is 11.6 Å². The second kappa shape index (κ2) is 8.46. The van der Waals surface area contributed by atoms with E-state index in [0.717, 1.165) is 63.0 Å². The number of benzene rings is 1. The summed E-state index contributed by atoms with van der Waals surface area (Å²) in [6.45, 7) is 3.74. The van der Waals surface area contributed by atoms with E-state index in [4.69, 9.17) is 5.11 Å². The Morgan fingerprint density at radius 2 is 2.08 bits per heavy atom. The molecule has 2 aliphatic heterocycles. The van der Waals surface area contributed by atoms with Crippen LogP contribution in [0.2, 0.25) is 0 Å². The lowest BCUT2D eigenvalue weighted by molar-refractivity contribution is -0.141. The first kappa shape index (κ1) is 17.9. The van der Waals surface area contributed by atoms with Crippen molar-refractivity contribution in [2.45, 2.75) is 44.7 Å². The maximum absolute atomic E-state index is 12.3. The Morgan fingerprint density at radius 3 is 2.88 bits per heavy atom. The largest absolute Gasteiger partial charge is 0.396 e. The van der Waals surface area contributed by atoms with Crippen LogP contribution in [0.1, 0.15) is 43.2 Å². The van der Waals surface area contributed by atoms with E-state index in [1.807, 2.05) is 24.3 Å². The van der Waals surface area contributed by atoms with Crippen LogP contribution in [0.3, 0.4) is 0 Å². The number of carbonyl (C=O) groups is 1. The van der Waals surface area contributed by atoms with Crippen LogP contribution in [0.5, 0.6) is 0 Å². The predicted molar refractivity (Wildman–Crippen MR) is 95.6 cm³/mol. The molecule has 134 valence electrons. The molecule has 2 unspecified atom stereocenters. The topological polar surface area (TPSA) is 67.6 Å². The number of carbonyl (C=O) groups excluding carboxylic acids is 1. The summed E-state index contributed by atoms with van der Waals surface area (Å²) in [5.74, 6) is 0.803. The molecule has 2 saturated heterocycles. The molecule has 5 heteroatoms. The number of nitriles is 1. The normalized spacial score (nSPS) is 24.0. The number of likely N-dealkylation sites (tertiary alicyclic amines) is 2. The third-order valence-corrected chi connectivity index (χ3v) is 5.57. The SMILES string of the molecule is N#Cc1ccccc1CN1CCC2C(CCC(=O)N2CCCCO)C1.